The predicted octanol–water partition coefficient (Wildman–Crippen LogP) is 4.10. The van der Waals surface area contributed by atoms with Crippen molar-refractivity contribution in [3.05, 3.63) is 24.3 Å². The van der Waals surface area contributed by atoms with Crippen LogP contribution in [0, 0.1) is 5.92 Å². The van der Waals surface area contributed by atoms with E-state index in [1.54, 1.807) is 0 Å². The highest BCUT2D eigenvalue weighted by Crippen LogP contribution is 2.25. The largest absolute Gasteiger partial charge is 0.374 e. The molecule has 1 nitrogen and oxygen atoms in total. The Morgan fingerprint density at radius 2 is 2.20 bits per heavy atom. The summed E-state index contributed by atoms with van der Waals surface area (Å²) < 4.78 is 5.77. The Kier molecular flexibility index (Phi) is 6.42. The van der Waals surface area contributed by atoms with Crippen molar-refractivity contribution in [1.29, 1.82) is 0 Å². The third kappa shape index (κ3) is 4.65. The van der Waals surface area contributed by atoms with Gasteiger partial charge >= 0.3 is 0 Å². The molecule has 0 bridgehead atoms. The van der Waals surface area contributed by atoms with Crippen LogP contribution in [-0.2, 0) is 4.74 Å². The number of unbranched alkanes of at least 4 members (excludes halogenated alkanes) is 1. The minimum absolute atomic E-state index is 0.357. The van der Waals surface area contributed by atoms with Crippen molar-refractivity contribution in [2.75, 3.05) is 6.61 Å². The molecule has 0 aromatic rings. The summed E-state index contributed by atoms with van der Waals surface area (Å²) in [6, 6.07) is 0. The first kappa shape index (κ1) is 12.5. The molecule has 0 aliphatic carbocycles. The van der Waals surface area contributed by atoms with Crippen LogP contribution in [0.15, 0.2) is 24.3 Å². The normalized spacial score (nSPS) is 27.9. The lowest BCUT2D eigenvalue weighted by atomic mass is 9.90. The summed E-state index contributed by atoms with van der Waals surface area (Å²) in [4.78, 5) is 0. The Bertz CT molecular complexity index is 205. The Labute approximate surface area is 94.2 Å². The lowest BCUT2D eigenvalue weighted by molar-refractivity contribution is 0.00476. The molecule has 1 unspecified atom stereocenters. The second-order valence-corrected chi connectivity index (χ2v) is 4.26. The van der Waals surface area contributed by atoms with Crippen molar-refractivity contribution in [2.45, 2.75) is 52.1 Å². The zero-order valence-electron chi connectivity index (χ0n) is 10.1. The van der Waals surface area contributed by atoms with Gasteiger partial charge in [-0.3, -0.25) is 0 Å². The van der Waals surface area contributed by atoms with Crippen molar-refractivity contribution in [2.24, 2.45) is 5.92 Å². The molecular formula is C14H24O. The second-order valence-electron chi connectivity index (χ2n) is 4.26. The fraction of sp³-hybridized carbons (Fsp3) is 0.714. The summed E-state index contributed by atoms with van der Waals surface area (Å²) >= 11 is 0. The van der Waals surface area contributed by atoms with Crippen LogP contribution in [0.1, 0.15) is 46.0 Å². The van der Waals surface area contributed by atoms with E-state index in [0.29, 0.717) is 12.0 Å². The van der Waals surface area contributed by atoms with Crippen molar-refractivity contribution in [1.82, 2.24) is 0 Å². The number of hydrogen-bond acceptors (Lipinski definition) is 1. The topological polar surface area (TPSA) is 9.23 Å². The van der Waals surface area contributed by atoms with Crippen molar-refractivity contribution < 1.29 is 4.74 Å². The molecule has 1 fully saturated rings. The van der Waals surface area contributed by atoms with E-state index in [4.69, 9.17) is 4.74 Å². The molecular weight excluding hydrogens is 184 g/mol. The molecule has 1 rings (SSSR count). The van der Waals surface area contributed by atoms with Crippen LogP contribution in [0.25, 0.3) is 0 Å². The lowest BCUT2D eigenvalue weighted by Crippen LogP contribution is -2.27. The first-order valence-electron chi connectivity index (χ1n) is 6.28. The minimum Gasteiger partial charge on any atom is -0.374 e. The first-order chi connectivity index (χ1) is 7.38. The maximum Gasteiger partial charge on any atom is 0.0786 e. The molecule has 2 atom stereocenters. The summed E-state index contributed by atoms with van der Waals surface area (Å²) in [5.41, 5.74) is 0. The molecule has 1 aliphatic heterocycles. The van der Waals surface area contributed by atoms with E-state index < -0.39 is 0 Å². The van der Waals surface area contributed by atoms with Gasteiger partial charge in [-0.2, -0.15) is 0 Å². The summed E-state index contributed by atoms with van der Waals surface area (Å²) in [7, 11) is 0. The van der Waals surface area contributed by atoms with Crippen LogP contribution in [0.5, 0.6) is 0 Å². The van der Waals surface area contributed by atoms with Gasteiger partial charge in [-0.05, 0) is 38.5 Å². The fourth-order valence-corrected chi connectivity index (χ4v) is 2.08. The first-order valence-corrected chi connectivity index (χ1v) is 6.28. The zero-order chi connectivity index (χ0) is 10.9. The molecule has 1 heteroatoms. The van der Waals surface area contributed by atoms with E-state index in [1.807, 2.05) is 0 Å². The third-order valence-corrected chi connectivity index (χ3v) is 2.94. The van der Waals surface area contributed by atoms with Gasteiger partial charge < -0.3 is 4.74 Å². The number of ether oxygens (including phenoxy) is 1. The van der Waals surface area contributed by atoms with E-state index in [2.05, 4.69) is 38.2 Å². The highest BCUT2D eigenvalue weighted by molar-refractivity contribution is 4.96. The van der Waals surface area contributed by atoms with E-state index in [1.165, 1.54) is 32.1 Å². The quantitative estimate of drug-likeness (QED) is 0.618. The number of rotatable bonds is 5. The van der Waals surface area contributed by atoms with E-state index in [0.717, 1.165) is 6.61 Å². The molecule has 1 heterocycles. The third-order valence-electron chi connectivity index (χ3n) is 2.94. The monoisotopic (exact) mass is 208 g/mol. The van der Waals surface area contributed by atoms with Crippen LogP contribution in [-0.4, -0.2) is 12.7 Å². The van der Waals surface area contributed by atoms with Gasteiger partial charge in [-0.1, -0.05) is 37.6 Å². The molecule has 15 heavy (non-hydrogen) atoms. The Balaban J connectivity index is 2.35. The standard InChI is InChI=1S/C14H24O/c1-3-5-6-7-10-13-11-8-12-15-14(13)9-4-2/h4,6-7,9,13-14H,3,5,8,10-12H2,1-2H3/b7-6-,9-4+/t13-,14?/m0/s1. The molecule has 1 saturated heterocycles. The smallest absolute Gasteiger partial charge is 0.0786 e. The van der Waals surface area contributed by atoms with Crippen molar-refractivity contribution in [3.63, 3.8) is 0 Å². The zero-order valence-corrected chi connectivity index (χ0v) is 10.1. The summed E-state index contributed by atoms with van der Waals surface area (Å²) in [5.74, 6) is 0.697. The fourth-order valence-electron chi connectivity index (χ4n) is 2.08. The molecule has 0 amide bonds. The van der Waals surface area contributed by atoms with Gasteiger partial charge in [0.2, 0.25) is 0 Å². The lowest BCUT2D eigenvalue weighted by Gasteiger charge is -2.29. The highest BCUT2D eigenvalue weighted by atomic mass is 16.5. The molecule has 0 spiro atoms. The van der Waals surface area contributed by atoms with Gasteiger partial charge in [-0.25, -0.2) is 0 Å². The van der Waals surface area contributed by atoms with E-state index in [9.17, 15) is 0 Å². The molecule has 0 N–H and O–H groups in total. The van der Waals surface area contributed by atoms with Crippen LogP contribution in [0.2, 0.25) is 0 Å². The molecule has 0 radical (unpaired) electrons. The minimum atomic E-state index is 0.357. The summed E-state index contributed by atoms with van der Waals surface area (Å²) in [5, 5.41) is 0. The van der Waals surface area contributed by atoms with Crippen LogP contribution in [0.4, 0.5) is 0 Å². The Morgan fingerprint density at radius 1 is 1.33 bits per heavy atom. The van der Waals surface area contributed by atoms with Gasteiger partial charge in [0.25, 0.3) is 0 Å². The maximum absolute atomic E-state index is 5.77. The van der Waals surface area contributed by atoms with E-state index in [-0.39, 0.29) is 0 Å². The Hall–Kier alpha value is -0.560. The maximum atomic E-state index is 5.77. The molecule has 0 aromatic heterocycles. The van der Waals surface area contributed by atoms with Gasteiger partial charge in [0.1, 0.15) is 0 Å². The Morgan fingerprint density at radius 3 is 2.93 bits per heavy atom. The van der Waals surface area contributed by atoms with Gasteiger partial charge in [0.15, 0.2) is 0 Å². The number of hydrogen-bond donors (Lipinski definition) is 0. The van der Waals surface area contributed by atoms with Gasteiger partial charge in [-0.15, -0.1) is 0 Å². The summed E-state index contributed by atoms with van der Waals surface area (Å²) in [6.45, 7) is 5.23. The van der Waals surface area contributed by atoms with Crippen LogP contribution in [0.3, 0.4) is 0 Å². The second kappa shape index (κ2) is 7.70. The highest BCUT2D eigenvalue weighted by Gasteiger charge is 2.22. The summed E-state index contributed by atoms with van der Waals surface area (Å²) in [6.07, 6.45) is 15.5. The average Bonchev–Trinajstić information content (AvgIpc) is 2.27. The molecule has 0 saturated carbocycles. The van der Waals surface area contributed by atoms with Gasteiger partial charge in [0, 0.05) is 6.61 Å². The van der Waals surface area contributed by atoms with Gasteiger partial charge in [0.05, 0.1) is 6.10 Å². The molecule has 0 aromatic carbocycles. The van der Waals surface area contributed by atoms with Crippen LogP contribution < -0.4 is 0 Å². The van der Waals surface area contributed by atoms with Crippen LogP contribution >= 0.6 is 0 Å². The molecule has 1 aliphatic rings. The predicted molar refractivity (Wildman–Crippen MR) is 65.9 cm³/mol. The number of allylic oxidation sites excluding steroid dienone is 3. The van der Waals surface area contributed by atoms with Crippen molar-refractivity contribution in [3.8, 4) is 0 Å². The molecule has 86 valence electrons. The van der Waals surface area contributed by atoms with Crippen molar-refractivity contribution >= 4 is 0 Å². The SMILES string of the molecule is C/C=C/C1OCCC[C@@H]1C/C=C\CCC. The average molecular weight is 208 g/mol. The van der Waals surface area contributed by atoms with E-state index >= 15 is 0 Å².